The molecule has 1 fully saturated rings. The molecule has 0 spiro atoms. The van der Waals surface area contributed by atoms with Gasteiger partial charge in [0, 0.05) is 12.8 Å². The van der Waals surface area contributed by atoms with Gasteiger partial charge in [-0.3, -0.25) is 9.59 Å². The summed E-state index contributed by atoms with van der Waals surface area (Å²) in [5.74, 6) is -0.216. The summed E-state index contributed by atoms with van der Waals surface area (Å²) >= 11 is 0. The Hall–Kier alpha value is -2.12. The first-order valence-electron chi connectivity index (χ1n) is 28.3. The molecule has 1 amide bonds. The number of esters is 1. The van der Waals surface area contributed by atoms with E-state index < -0.39 is 49.5 Å². The van der Waals surface area contributed by atoms with Crippen molar-refractivity contribution in [3.8, 4) is 0 Å². The molecular formula is C57H105NO10. The highest BCUT2D eigenvalue weighted by molar-refractivity contribution is 5.76. The van der Waals surface area contributed by atoms with Crippen LogP contribution in [-0.4, -0.2) is 100 Å². The first kappa shape index (κ1) is 63.9. The van der Waals surface area contributed by atoms with Crippen molar-refractivity contribution in [2.75, 3.05) is 19.8 Å². The highest BCUT2D eigenvalue weighted by Gasteiger charge is 2.44. The minimum atomic E-state index is -1.58. The molecule has 0 aromatic carbocycles. The van der Waals surface area contributed by atoms with E-state index in [4.69, 9.17) is 14.2 Å². The number of ether oxygens (including phenoxy) is 3. The van der Waals surface area contributed by atoms with Crippen LogP contribution in [0.2, 0.25) is 0 Å². The smallest absolute Gasteiger partial charge is 0.305 e. The van der Waals surface area contributed by atoms with E-state index in [1.807, 2.05) is 6.08 Å². The van der Waals surface area contributed by atoms with Crippen LogP contribution in [0.3, 0.4) is 0 Å². The number of aliphatic hydroxyl groups is 5. The maximum Gasteiger partial charge on any atom is 0.305 e. The van der Waals surface area contributed by atoms with Gasteiger partial charge in [0.25, 0.3) is 0 Å². The van der Waals surface area contributed by atoms with Gasteiger partial charge in [0.1, 0.15) is 24.4 Å². The molecule has 0 aliphatic carbocycles. The maximum atomic E-state index is 13.0. The van der Waals surface area contributed by atoms with Crippen LogP contribution < -0.4 is 5.32 Å². The topological polar surface area (TPSA) is 175 Å². The van der Waals surface area contributed by atoms with Crippen molar-refractivity contribution in [3.05, 3.63) is 36.5 Å². The lowest BCUT2D eigenvalue weighted by Crippen LogP contribution is -2.60. The van der Waals surface area contributed by atoms with Gasteiger partial charge in [-0.05, 0) is 51.4 Å². The molecular weight excluding hydrogens is 859 g/mol. The maximum absolute atomic E-state index is 13.0. The van der Waals surface area contributed by atoms with Gasteiger partial charge in [-0.25, -0.2) is 0 Å². The molecule has 6 N–H and O–H groups in total. The molecule has 7 atom stereocenters. The number of hydrogen-bond donors (Lipinski definition) is 6. The Balaban J connectivity index is 2.12. The van der Waals surface area contributed by atoms with Crippen LogP contribution >= 0.6 is 0 Å². The molecule has 1 heterocycles. The fourth-order valence-corrected chi connectivity index (χ4v) is 8.69. The number of carbonyl (C=O) groups excluding carboxylic acids is 2. The van der Waals surface area contributed by atoms with E-state index in [-0.39, 0.29) is 18.5 Å². The zero-order valence-corrected chi connectivity index (χ0v) is 43.6. The van der Waals surface area contributed by atoms with E-state index in [1.54, 1.807) is 6.08 Å². The molecule has 1 aliphatic rings. The van der Waals surface area contributed by atoms with E-state index in [0.29, 0.717) is 19.4 Å². The lowest BCUT2D eigenvalue weighted by molar-refractivity contribution is -0.302. The third kappa shape index (κ3) is 36.8. The Bertz CT molecular complexity index is 1230. The van der Waals surface area contributed by atoms with Crippen LogP contribution in [0.25, 0.3) is 0 Å². The molecule has 11 heteroatoms. The summed E-state index contributed by atoms with van der Waals surface area (Å²) < 4.78 is 16.7. The fraction of sp³-hybridized carbons (Fsp3) is 0.860. The zero-order chi connectivity index (χ0) is 49.6. The quantitative estimate of drug-likeness (QED) is 0.0196. The Labute approximate surface area is 415 Å². The molecule has 1 saturated heterocycles. The Morgan fingerprint density at radius 1 is 0.529 bits per heavy atom. The summed E-state index contributed by atoms with van der Waals surface area (Å²) in [4.78, 5) is 25.0. The second-order valence-electron chi connectivity index (χ2n) is 19.6. The van der Waals surface area contributed by atoms with Gasteiger partial charge in [0.2, 0.25) is 5.91 Å². The van der Waals surface area contributed by atoms with Crippen LogP contribution in [-0.2, 0) is 23.8 Å². The third-order valence-electron chi connectivity index (χ3n) is 13.2. The van der Waals surface area contributed by atoms with E-state index >= 15 is 0 Å². The van der Waals surface area contributed by atoms with Gasteiger partial charge in [-0.1, -0.05) is 224 Å². The van der Waals surface area contributed by atoms with Gasteiger partial charge in [0.15, 0.2) is 6.29 Å². The van der Waals surface area contributed by atoms with Crippen molar-refractivity contribution in [1.29, 1.82) is 0 Å². The molecule has 68 heavy (non-hydrogen) atoms. The van der Waals surface area contributed by atoms with Crippen LogP contribution in [0.5, 0.6) is 0 Å². The summed E-state index contributed by atoms with van der Waals surface area (Å²) in [6.45, 7) is 4.25. The summed E-state index contributed by atoms with van der Waals surface area (Å²) in [6, 6.07) is -0.838. The predicted octanol–water partition coefficient (Wildman–Crippen LogP) is 12.3. The Morgan fingerprint density at radius 2 is 0.956 bits per heavy atom. The normalized spacial score (nSPS) is 19.7. The van der Waals surface area contributed by atoms with Crippen LogP contribution in [0.15, 0.2) is 36.5 Å². The number of hydrogen-bond acceptors (Lipinski definition) is 10. The van der Waals surface area contributed by atoms with Gasteiger partial charge >= 0.3 is 5.97 Å². The molecule has 0 saturated carbocycles. The highest BCUT2D eigenvalue weighted by Crippen LogP contribution is 2.23. The van der Waals surface area contributed by atoms with E-state index in [2.05, 4.69) is 43.5 Å². The fourth-order valence-electron chi connectivity index (χ4n) is 8.69. The molecule has 0 radical (unpaired) electrons. The molecule has 7 unspecified atom stereocenters. The molecule has 11 nitrogen and oxygen atoms in total. The third-order valence-corrected chi connectivity index (χ3v) is 13.2. The number of amides is 1. The van der Waals surface area contributed by atoms with Gasteiger partial charge < -0.3 is 45.1 Å². The van der Waals surface area contributed by atoms with Crippen LogP contribution in [0.1, 0.15) is 251 Å². The summed E-state index contributed by atoms with van der Waals surface area (Å²) in [5.41, 5.74) is 0. The molecule has 1 rings (SSSR count). The molecule has 0 aromatic rings. The van der Waals surface area contributed by atoms with E-state index in [9.17, 15) is 35.1 Å². The van der Waals surface area contributed by atoms with Crippen molar-refractivity contribution in [2.24, 2.45) is 0 Å². The SMILES string of the molecule is CCCC/C=C/CC/C=C/CC/C=C/C(O)C(COC1OC(CO)C(O)C(O)C1O)NC(=O)CCCCCCCCCCCCCCCCCCCOC(=O)CCCCCCCCCCCCC. The summed E-state index contributed by atoms with van der Waals surface area (Å²) in [6.07, 6.45) is 46.6. The number of unbranched alkanes of at least 4 members (excludes halogenated alkanes) is 30. The molecule has 1 aliphatic heterocycles. The van der Waals surface area contributed by atoms with Crippen molar-refractivity contribution in [1.82, 2.24) is 5.32 Å². The standard InChI is InChI=1S/C57H105NO10/c1-3-5-7-9-11-13-15-24-27-31-35-39-43-50(60)49(48-67-57-56(65)55(64)54(63)51(47-59)68-57)58-52(61)44-40-36-32-28-25-21-19-17-16-18-20-22-26-30-34-38-42-46-66-53(62)45-41-37-33-29-23-14-12-10-8-6-4-2/h9,11,24,27,39,43,49-51,54-57,59-60,63-65H,3-8,10,12-23,25-26,28-38,40-42,44-48H2,1-2H3,(H,58,61)/b11-9+,27-24+,43-39+. The molecule has 0 bridgehead atoms. The Kier molecular flexibility index (Phi) is 44.4. The number of rotatable bonds is 48. The average molecular weight is 964 g/mol. The average Bonchev–Trinajstić information content (AvgIpc) is 3.33. The van der Waals surface area contributed by atoms with Crippen LogP contribution in [0, 0.1) is 0 Å². The van der Waals surface area contributed by atoms with E-state index in [0.717, 1.165) is 83.5 Å². The van der Waals surface area contributed by atoms with E-state index in [1.165, 1.54) is 141 Å². The second-order valence-corrected chi connectivity index (χ2v) is 19.6. The number of carbonyl (C=O) groups is 2. The number of allylic oxidation sites excluding steroid dienone is 5. The lowest BCUT2D eigenvalue weighted by Gasteiger charge is -2.40. The van der Waals surface area contributed by atoms with Crippen molar-refractivity contribution >= 4 is 11.9 Å². The molecule has 398 valence electrons. The molecule has 0 aromatic heterocycles. The van der Waals surface area contributed by atoms with Gasteiger partial charge in [-0.15, -0.1) is 0 Å². The van der Waals surface area contributed by atoms with Crippen molar-refractivity contribution in [3.63, 3.8) is 0 Å². The largest absolute Gasteiger partial charge is 0.466 e. The minimum absolute atomic E-state index is 0.0133. The second kappa shape index (κ2) is 47.2. The zero-order valence-electron chi connectivity index (χ0n) is 43.6. The van der Waals surface area contributed by atoms with Gasteiger partial charge in [0.05, 0.1) is 32.0 Å². The monoisotopic (exact) mass is 964 g/mol. The van der Waals surface area contributed by atoms with Crippen LogP contribution in [0.4, 0.5) is 0 Å². The minimum Gasteiger partial charge on any atom is -0.466 e. The number of nitrogens with one attached hydrogen (secondary N) is 1. The van der Waals surface area contributed by atoms with Crippen molar-refractivity contribution in [2.45, 2.75) is 294 Å². The highest BCUT2D eigenvalue weighted by atomic mass is 16.7. The lowest BCUT2D eigenvalue weighted by atomic mass is 9.99. The number of aliphatic hydroxyl groups excluding tert-OH is 5. The predicted molar refractivity (Wildman–Crippen MR) is 278 cm³/mol. The van der Waals surface area contributed by atoms with Gasteiger partial charge in [-0.2, -0.15) is 0 Å². The summed E-state index contributed by atoms with van der Waals surface area (Å²) in [7, 11) is 0. The van der Waals surface area contributed by atoms with Crippen molar-refractivity contribution < 1.29 is 49.3 Å². The first-order valence-corrected chi connectivity index (χ1v) is 28.3. The Morgan fingerprint density at radius 3 is 1.44 bits per heavy atom. The first-order chi connectivity index (χ1) is 33.2. The summed E-state index contributed by atoms with van der Waals surface area (Å²) in [5, 5.41) is 54.2.